The molecule has 0 bridgehead atoms. The Labute approximate surface area is 269 Å². The third kappa shape index (κ3) is 6.07. The van der Waals surface area contributed by atoms with Crippen LogP contribution in [0.3, 0.4) is 0 Å². The molecule has 1 saturated heterocycles. The summed E-state index contributed by atoms with van der Waals surface area (Å²) in [6.45, 7) is 5.81. The molecule has 4 atom stereocenters. The van der Waals surface area contributed by atoms with Crippen molar-refractivity contribution < 1.29 is 43.1 Å². The van der Waals surface area contributed by atoms with Crippen LogP contribution in [0.25, 0.3) is 0 Å². The van der Waals surface area contributed by atoms with E-state index in [-0.39, 0.29) is 19.1 Å². The van der Waals surface area contributed by atoms with E-state index in [9.17, 15) is 14.7 Å². The van der Waals surface area contributed by atoms with Crippen LogP contribution < -0.4 is 9.47 Å². The summed E-state index contributed by atoms with van der Waals surface area (Å²) in [5.74, 6) is 5.66. The number of hydrogen-bond acceptors (Lipinski definition) is 10. The molecule has 4 aliphatic rings. The van der Waals surface area contributed by atoms with Crippen LogP contribution in [0.4, 0.5) is 0 Å². The first-order chi connectivity index (χ1) is 22.1. The topological polar surface area (TPSA) is 113 Å². The molecule has 46 heavy (non-hydrogen) atoms. The summed E-state index contributed by atoms with van der Waals surface area (Å²) in [7, 11) is 2.76. The van der Waals surface area contributed by atoms with Gasteiger partial charge in [-0.2, -0.15) is 0 Å². The van der Waals surface area contributed by atoms with E-state index in [1.165, 1.54) is 7.11 Å². The molecule has 6 rings (SSSR count). The maximum atomic E-state index is 14.0. The van der Waals surface area contributed by atoms with Crippen molar-refractivity contribution in [3.05, 3.63) is 71.0 Å². The highest BCUT2D eigenvalue weighted by molar-refractivity contribution is 5.86. The molecule has 10 heteroatoms. The number of nitrogens with zero attached hydrogens (tertiary/aromatic N) is 1. The van der Waals surface area contributed by atoms with Crippen molar-refractivity contribution in [2.75, 3.05) is 34.1 Å². The van der Waals surface area contributed by atoms with Gasteiger partial charge in [-0.05, 0) is 74.6 Å². The fourth-order valence-corrected chi connectivity index (χ4v) is 7.11. The smallest absolute Gasteiger partial charge is 0.340 e. The molecular formula is C36H41NO9. The van der Waals surface area contributed by atoms with E-state index in [0.717, 1.165) is 49.0 Å². The van der Waals surface area contributed by atoms with Gasteiger partial charge in [-0.25, -0.2) is 4.79 Å². The van der Waals surface area contributed by atoms with Crippen LogP contribution in [0, 0.1) is 11.8 Å². The summed E-state index contributed by atoms with van der Waals surface area (Å²) in [5, 5.41) is 11.7. The SMILES string of the molecule is COC(=O)C[C@](O)(CC#CC(C)(C)OCc1ccccc1)C(=O)O[C@@H]1C(OC)=CC23CCCN2CCc2cc4c(cc2[C@H]13)OCO4. The van der Waals surface area contributed by atoms with Crippen LogP contribution in [-0.2, 0) is 41.6 Å². The summed E-state index contributed by atoms with van der Waals surface area (Å²) >= 11 is 0. The van der Waals surface area contributed by atoms with Gasteiger partial charge in [0.05, 0.1) is 38.7 Å². The van der Waals surface area contributed by atoms with E-state index in [0.29, 0.717) is 23.9 Å². The Kier molecular flexibility index (Phi) is 8.77. The number of carbonyl (C=O) groups excluding carboxylic acids is 2. The Morgan fingerprint density at radius 1 is 1.11 bits per heavy atom. The normalized spacial score (nSPS) is 24.2. The first-order valence-corrected chi connectivity index (χ1v) is 15.7. The monoisotopic (exact) mass is 631 g/mol. The highest BCUT2D eigenvalue weighted by Gasteiger charge is 2.59. The minimum Gasteiger partial charge on any atom is -0.497 e. The summed E-state index contributed by atoms with van der Waals surface area (Å²) in [6.07, 6.45) is 2.85. The lowest BCUT2D eigenvalue weighted by atomic mass is 9.77. The van der Waals surface area contributed by atoms with Crippen molar-refractivity contribution in [1.29, 1.82) is 0 Å². The molecule has 0 radical (unpaired) electrons. The molecule has 1 N–H and O–H groups in total. The Balaban J connectivity index is 1.28. The molecule has 3 aliphatic heterocycles. The highest BCUT2D eigenvalue weighted by atomic mass is 16.7. The minimum atomic E-state index is -2.28. The molecule has 0 saturated carbocycles. The van der Waals surface area contributed by atoms with E-state index in [1.54, 1.807) is 21.0 Å². The number of ether oxygens (including phenoxy) is 6. The van der Waals surface area contributed by atoms with Gasteiger partial charge in [0.15, 0.2) is 23.2 Å². The van der Waals surface area contributed by atoms with E-state index in [2.05, 4.69) is 22.8 Å². The quantitative estimate of drug-likeness (QED) is 0.322. The van der Waals surface area contributed by atoms with Gasteiger partial charge >= 0.3 is 11.9 Å². The molecule has 10 nitrogen and oxygen atoms in total. The zero-order chi connectivity index (χ0) is 32.5. The molecule has 2 aromatic rings. The van der Waals surface area contributed by atoms with Crippen LogP contribution >= 0.6 is 0 Å². The van der Waals surface area contributed by atoms with E-state index in [4.69, 9.17) is 28.4 Å². The van der Waals surface area contributed by atoms with Gasteiger partial charge in [0, 0.05) is 13.0 Å². The number of aliphatic hydroxyl groups is 1. The van der Waals surface area contributed by atoms with Crippen molar-refractivity contribution >= 4 is 11.9 Å². The highest BCUT2D eigenvalue weighted by Crippen LogP contribution is 2.55. The first kappa shape index (κ1) is 31.9. The van der Waals surface area contributed by atoms with Crippen molar-refractivity contribution in [3.63, 3.8) is 0 Å². The Morgan fingerprint density at radius 3 is 2.61 bits per heavy atom. The van der Waals surface area contributed by atoms with Gasteiger partial charge in [-0.3, -0.25) is 9.69 Å². The Morgan fingerprint density at radius 2 is 1.87 bits per heavy atom. The molecule has 2 aromatic carbocycles. The summed E-state index contributed by atoms with van der Waals surface area (Å²) in [5.41, 5.74) is -0.550. The zero-order valence-corrected chi connectivity index (χ0v) is 26.8. The Hall–Kier alpha value is -4.04. The second-order valence-electron chi connectivity index (χ2n) is 12.8. The lowest BCUT2D eigenvalue weighted by Gasteiger charge is -2.39. The molecule has 1 fully saturated rings. The predicted molar refractivity (Wildman–Crippen MR) is 167 cm³/mol. The predicted octanol–water partition coefficient (Wildman–Crippen LogP) is 4.03. The molecule has 3 heterocycles. The minimum absolute atomic E-state index is 0.149. The average Bonchev–Trinajstić information content (AvgIpc) is 3.74. The molecule has 1 unspecified atom stereocenters. The van der Waals surface area contributed by atoms with Gasteiger partial charge in [-0.15, -0.1) is 0 Å². The number of fused-ring (bicyclic) bond motifs is 3. The number of benzene rings is 2. The number of hydrogen-bond donors (Lipinski definition) is 1. The van der Waals surface area contributed by atoms with E-state index >= 15 is 0 Å². The third-order valence-corrected chi connectivity index (χ3v) is 9.46. The van der Waals surface area contributed by atoms with E-state index in [1.807, 2.05) is 42.5 Å². The van der Waals surface area contributed by atoms with Crippen LogP contribution in [0.2, 0.25) is 0 Å². The number of methoxy groups -OCH3 is 2. The van der Waals surface area contributed by atoms with Gasteiger partial charge in [0.1, 0.15) is 11.4 Å². The van der Waals surface area contributed by atoms with Crippen LogP contribution in [0.15, 0.2) is 54.3 Å². The fourth-order valence-electron chi connectivity index (χ4n) is 7.11. The number of rotatable bonds is 9. The molecule has 1 aliphatic carbocycles. The summed E-state index contributed by atoms with van der Waals surface area (Å²) < 4.78 is 34.3. The second kappa shape index (κ2) is 12.6. The lowest BCUT2D eigenvalue weighted by molar-refractivity contribution is -0.177. The maximum Gasteiger partial charge on any atom is 0.340 e. The average molecular weight is 632 g/mol. The molecule has 1 spiro atoms. The largest absolute Gasteiger partial charge is 0.497 e. The summed E-state index contributed by atoms with van der Waals surface area (Å²) in [4.78, 5) is 28.9. The van der Waals surface area contributed by atoms with Crippen LogP contribution in [0.1, 0.15) is 62.1 Å². The van der Waals surface area contributed by atoms with Gasteiger partial charge in [0.2, 0.25) is 6.79 Å². The van der Waals surface area contributed by atoms with Crippen molar-refractivity contribution in [1.82, 2.24) is 4.90 Å². The maximum absolute atomic E-state index is 14.0. The van der Waals surface area contributed by atoms with Crippen LogP contribution in [-0.4, -0.2) is 78.9 Å². The zero-order valence-electron chi connectivity index (χ0n) is 26.8. The molecular weight excluding hydrogens is 590 g/mol. The number of carbonyl (C=O) groups is 2. The molecule has 244 valence electrons. The number of esters is 2. The van der Waals surface area contributed by atoms with Crippen LogP contribution in [0.5, 0.6) is 11.5 Å². The lowest BCUT2D eigenvalue weighted by Crippen LogP contribution is -2.49. The standard InChI is InChI=1S/C36H41NO9/c1-34(2,45-22-24-10-6-5-7-11-24)13-8-15-36(40,21-30(38)42-4)33(39)46-32-29(41-3)20-35-14-9-16-37(35)17-12-25-18-27-28(44-23-43-27)19-26(25)31(32)35/h5-7,10-11,18-20,31-32,40H,9,12,14-17,21-23H2,1-4H3/t31-,32-,35?,36-/m1/s1. The third-order valence-electron chi connectivity index (χ3n) is 9.46. The Bertz CT molecular complexity index is 1570. The fraction of sp³-hybridized carbons (Fsp3) is 0.500. The molecule has 0 amide bonds. The van der Waals surface area contributed by atoms with Gasteiger partial charge < -0.3 is 33.5 Å². The van der Waals surface area contributed by atoms with Gasteiger partial charge in [0.25, 0.3) is 0 Å². The van der Waals surface area contributed by atoms with Gasteiger partial charge in [-0.1, -0.05) is 42.2 Å². The molecule has 0 aromatic heterocycles. The van der Waals surface area contributed by atoms with E-state index < -0.39 is 41.2 Å². The summed E-state index contributed by atoms with van der Waals surface area (Å²) in [6, 6.07) is 13.7. The second-order valence-corrected chi connectivity index (χ2v) is 12.8. The van der Waals surface area contributed by atoms with Crippen molar-refractivity contribution in [2.45, 2.75) is 81.3 Å². The van der Waals surface area contributed by atoms with Crippen molar-refractivity contribution in [2.24, 2.45) is 0 Å². The van der Waals surface area contributed by atoms with Crippen molar-refractivity contribution in [3.8, 4) is 23.3 Å². The first-order valence-electron chi connectivity index (χ1n) is 15.7.